The number of thiazole rings is 1. The third-order valence-corrected chi connectivity index (χ3v) is 9.29. The Morgan fingerprint density at radius 2 is 1.69 bits per heavy atom. The first-order chi connectivity index (χ1) is 21.5. The highest BCUT2D eigenvalue weighted by molar-refractivity contribution is 9.10. The molecule has 0 spiro atoms. The number of aromatic nitrogens is 1. The summed E-state index contributed by atoms with van der Waals surface area (Å²) in [4.78, 5) is 42.6. The molecule has 45 heavy (non-hydrogen) atoms. The van der Waals surface area contributed by atoms with Crippen molar-refractivity contribution in [1.82, 2.24) is 10.3 Å². The van der Waals surface area contributed by atoms with E-state index in [1.165, 1.54) is 35.8 Å². The summed E-state index contributed by atoms with van der Waals surface area (Å²) >= 11 is 4.05. The van der Waals surface area contributed by atoms with Gasteiger partial charge in [0.25, 0.3) is 5.91 Å². The summed E-state index contributed by atoms with van der Waals surface area (Å²) in [5.74, 6) is -0.944. The minimum atomic E-state index is -4.56. The van der Waals surface area contributed by atoms with Crippen molar-refractivity contribution in [3.63, 3.8) is 0 Å². The third-order valence-electron chi connectivity index (χ3n) is 7.70. The van der Waals surface area contributed by atoms with Crippen molar-refractivity contribution >= 4 is 66.2 Å². The predicted octanol–water partition coefficient (Wildman–Crippen LogP) is 8.57. The normalized spacial score (nSPS) is 13.9. The Kier molecular flexibility index (Phi) is 10.1. The van der Waals surface area contributed by atoms with Crippen molar-refractivity contribution in [2.75, 3.05) is 16.8 Å². The van der Waals surface area contributed by atoms with Gasteiger partial charge in [0.15, 0.2) is 5.13 Å². The summed E-state index contributed by atoms with van der Waals surface area (Å²) in [5.41, 5.74) is 2.16. The predicted molar refractivity (Wildman–Crippen MR) is 171 cm³/mol. The van der Waals surface area contributed by atoms with Crippen LogP contribution < -0.4 is 15.5 Å². The van der Waals surface area contributed by atoms with Gasteiger partial charge in [0.2, 0.25) is 0 Å². The fourth-order valence-corrected chi connectivity index (χ4v) is 6.95. The van der Waals surface area contributed by atoms with Crippen LogP contribution in [-0.4, -0.2) is 34.5 Å². The summed E-state index contributed by atoms with van der Waals surface area (Å²) in [6.07, 6.45) is 1.13. The van der Waals surface area contributed by atoms with E-state index in [0.717, 1.165) is 30.2 Å². The van der Waals surface area contributed by atoms with E-state index in [4.69, 9.17) is 5.11 Å². The van der Waals surface area contributed by atoms with E-state index in [9.17, 15) is 27.6 Å². The van der Waals surface area contributed by atoms with Gasteiger partial charge in [0, 0.05) is 22.3 Å². The molecule has 1 saturated carbocycles. The standard InChI is InChI=1S/C32H30BrF3N4O4S/c33-25-17-27-26(16-24(25)32(34,35)36)38-30(45-27)39-31(44)40(23-12-10-21(11-13-23)20-4-2-1-3-5-20)18-19-6-8-22(9-7-19)29(43)37-15-14-28(41)42/h6-13,16-17,20H,1-5,14-15,18H2,(H,37,43)(H,41,42)(H,38,39,44). The monoisotopic (exact) mass is 702 g/mol. The van der Waals surface area contributed by atoms with E-state index in [1.54, 1.807) is 24.3 Å². The van der Waals surface area contributed by atoms with Crippen LogP contribution in [0, 0.1) is 0 Å². The minimum Gasteiger partial charge on any atom is -0.481 e. The van der Waals surface area contributed by atoms with Crippen LogP contribution >= 0.6 is 27.3 Å². The van der Waals surface area contributed by atoms with E-state index in [-0.39, 0.29) is 34.6 Å². The lowest BCUT2D eigenvalue weighted by Gasteiger charge is -2.25. The van der Waals surface area contributed by atoms with Crippen LogP contribution in [0.5, 0.6) is 0 Å². The van der Waals surface area contributed by atoms with Gasteiger partial charge in [-0.3, -0.25) is 19.8 Å². The molecule has 1 fully saturated rings. The number of benzene rings is 3. The number of carbonyl (C=O) groups is 3. The lowest BCUT2D eigenvalue weighted by atomic mass is 9.84. The van der Waals surface area contributed by atoms with Gasteiger partial charge in [-0.05, 0) is 66.3 Å². The maximum absolute atomic E-state index is 13.7. The molecule has 3 N–H and O–H groups in total. The van der Waals surface area contributed by atoms with Crippen LogP contribution in [0.15, 0.2) is 65.1 Å². The molecule has 0 radical (unpaired) electrons. The lowest BCUT2D eigenvalue weighted by molar-refractivity contribution is -0.138. The molecule has 0 unspecified atom stereocenters. The number of hydrogen-bond acceptors (Lipinski definition) is 5. The van der Waals surface area contributed by atoms with Gasteiger partial charge in [0.1, 0.15) is 0 Å². The van der Waals surface area contributed by atoms with E-state index in [0.29, 0.717) is 27.4 Å². The molecule has 0 atom stereocenters. The number of urea groups is 1. The van der Waals surface area contributed by atoms with Crippen LogP contribution in [0.2, 0.25) is 0 Å². The number of anilines is 2. The zero-order valence-corrected chi connectivity index (χ0v) is 26.4. The zero-order chi connectivity index (χ0) is 32.1. The second-order valence-corrected chi connectivity index (χ2v) is 12.7. The Morgan fingerprint density at radius 3 is 2.33 bits per heavy atom. The molecule has 1 aliphatic rings. The average molecular weight is 704 g/mol. The van der Waals surface area contributed by atoms with Crippen LogP contribution in [0.3, 0.4) is 0 Å². The highest BCUT2D eigenvalue weighted by Crippen LogP contribution is 2.39. The van der Waals surface area contributed by atoms with Crippen LogP contribution in [0.1, 0.15) is 71.5 Å². The first-order valence-corrected chi connectivity index (χ1v) is 16.0. The van der Waals surface area contributed by atoms with Crippen molar-refractivity contribution in [3.05, 3.63) is 87.4 Å². The van der Waals surface area contributed by atoms with Crippen molar-refractivity contribution in [1.29, 1.82) is 0 Å². The second kappa shape index (κ2) is 14.0. The van der Waals surface area contributed by atoms with E-state index < -0.39 is 29.6 Å². The summed E-state index contributed by atoms with van der Waals surface area (Å²) in [5, 5.41) is 14.2. The molecule has 0 aliphatic heterocycles. The second-order valence-electron chi connectivity index (χ2n) is 10.9. The number of fused-ring (bicyclic) bond motifs is 1. The Morgan fingerprint density at radius 1 is 1.00 bits per heavy atom. The molecule has 8 nitrogen and oxygen atoms in total. The summed E-state index contributed by atoms with van der Waals surface area (Å²) < 4.78 is 40.6. The van der Waals surface area contributed by atoms with E-state index in [2.05, 4.69) is 31.5 Å². The van der Waals surface area contributed by atoms with Gasteiger partial charge < -0.3 is 10.4 Å². The smallest absolute Gasteiger partial charge is 0.417 e. The first kappa shape index (κ1) is 32.4. The maximum Gasteiger partial charge on any atom is 0.417 e. The summed E-state index contributed by atoms with van der Waals surface area (Å²) in [7, 11) is 0. The third kappa shape index (κ3) is 8.20. The molecule has 3 aromatic carbocycles. The number of carboxylic acids is 1. The van der Waals surface area contributed by atoms with Crippen molar-refractivity contribution < 1.29 is 32.7 Å². The number of hydrogen-bond donors (Lipinski definition) is 3. The molecule has 1 heterocycles. The Balaban J connectivity index is 1.38. The number of aliphatic carboxylic acids is 1. The van der Waals surface area contributed by atoms with Crippen LogP contribution in [0.4, 0.5) is 28.8 Å². The molecule has 1 aliphatic carbocycles. The molecule has 13 heteroatoms. The molecule has 236 valence electrons. The molecule has 0 bridgehead atoms. The van der Waals surface area contributed by atoms with Crippen LogP contribution in [-0.2, 0) is 17.5 Å². The lowest BCUT2D eigenvalue weighted by Crippen LogP contribution is -2.34. The first-order valence-electron chi connectivity index (χ1n) is 14.4. The molecule has 4 aromatic rings. The number of carbonyl (C=O) groups excluding carboxylic acids is 2. The molecule has 3 amide bonds. The van der Waals surface area contributed by atoms with Gasteiger partial charge >= 0.3 is 18.2 Å². The van der Waals surface area contributed by atoms with Crippen LogP contribution in [0.25, 0.3) is 10.2 Å². The van der Waals surface area contributed by atoms with Gasteiger partial charge in [-0.2, -0.15) is 13.2 Å². The maximum atomic E-state index is 13.7. The van der Waals surface area contributed by atoms with Gasteiger partial charge in [-0.15, -0.1) is 0 Å². The molecule has 1 aromatic heterocycles. The van der Waals surface area contributed by atoms with E-state index >= 15 is 0 Å². The fourth-order valence-electron chi connectivity index (χ4n) is 5.35. The number of alkyl halides is 3. The van der Waals surface area contributed by atoms with E-state index in [1.807, 2.05) is 24.3 Å². The SMILES string of the molecule is O=C(O)CCNC(=O)c1ccc(CN(C(=O)Nc2nc3cc(C(F)(F)F)c(Br)cc3s2)c2ccc(C3CCCCC3)cc2)cc1. The number of amides is 3. The van der Waals surface area contributed by atoms with Crippen molar-refractivity contribution in [2.45, 2.75) is 57.2 Å². The minimum absolute atomic E-state index is 0.000949. The summed E-state index contributed by atoms with van der Waals surface area (Å²) in [6, 6.07) is 16.2. The van der Waals surface area contributed by atoms with Crippen molar-refractivity contribution in [2.24, 2.45) is 0 Å². The van der Waals surface area contributed by atoms with Gasteiger partial charge in [-0.1, -0.05) is 70.8 Å². The Hall–Kier alpha value is -3.97. The van der Waals surface area contributed by atoms with Crippen molar-refractivity contribution in [3.8, 4) is 0 Å². The number of rotatable bonds is 9. The zero-order valence-electron chi connectivity index (χ0n) is 24.0. The molecule has 5 rings (SSSR count). The molecular weight excluding hydrogens is 673 g/mol. The number of nitrogens with zero attached hydrogens (tertiary/aromatic N) is 2. The largest absolute Gasteiger partial charge is 0.481 e. The highest BCUT2D eigenvalue weighted by Gasteiger charge is 2.34. The average Bonchev–Trinajstić information content (AvgIpc) is 3.40. The number of carboxylic acid groups (broad SMARTS) is 1. The topological polar surface area (TPSA) is 112 Å². The fraction of sp³-hybridized carbons (Fsp3) is 0.312. The number of nitrogens with one attached hydrogen (secondary N) is 2. The highest BCUT2D eigenvalue weighted by atomic mass is 79.9. The number of halogens is 4. The molecular formula is C32H30BrF3N4O4S. The summed E-state index contributed by atoms with van der Waals surface area (Å²) in [6.45, 7) is 0.130. The van der Waals surface area contributed by atoms with Gasteiger partial charge in [0.05, 0.1) is 28.7 Å². The molecule has 0 saturated heterocycles. The Labute approximate surface area is 269 Å². The van der Waals surface area contributed by atoms with Gasteiger partial charge in [-0.25, -0.2) is 9.78 Å². The Bertz CT molecular complexity index is 1690. The quantitative estimate of drug-likeness (QED) is 0.162.